The molecule has 182 valence electrons. The van der Waals surface area contributed by atoms with Gasteiger partial charge < -0.3 is 20.1 Å². The Hall–Kier alpha value is -3.26. The van der Waals surface area contributed by atoms with Gasteiger partial charge in [0.25, 0.3) is 0 Å². The van der Waals surface area contributed by atoms with Crippen molar-refractivity contribution in [2.45, 2.75) is 30.1 Å². The zero-order valence-corrected chi connectivity index (χ0v) is 20.1. The summed E-state index contributed by atoms with van der Waals surface area (Å²) < 4.78 is 5.65. The molecular formula is C27H28N2O5S. The minimum absolute atomic E-state index is 0.0106. The highest BCUT2D eigenvalue weighted by molar-refractivity contribution is 8.00. The summed E-state index contributed by atoms with van der Waals surface area (Å²) in [7, 11) is 0. The monoisotopic (exact) mass is 492 g/mol. The molecule has 7 nitrogen and oxygen atoms in total. The summed E-state index contributed by atoms with van der Waals surface area (Å²) in [6.07, 6.45) is 4.37. The Morgan fingerprint density at radius 3 is 2.43 bits per heavy atom. The maximum atomic E-state index is 13.0. The van der Waals surface area contributed by atoms with E-state index in [4.69, 9.17) is 4.74 Å². The molecule has 0 aromatic heterocycles. The smallest absolute Gasteiger partial charge is 0.407 e. The van der Waals surface area contributed by atoms with Crippen LogP contribution in [0.1, 0.15) is 29.9 Å². The number of nitrogens with one attached hydrogen (secondary N) is 1. The second kappa shape index (κ2) is 10.2. The van der Waals surface area contributed by atoms with E-state index in [0.717, 1.165) is 11.1 Å². The number of allylic oxidation sites excluding steroid dienone is 1. The van der Waals surface area contributed by atoms with Crippen molar-refractivity contribution < 1.29 is 24.2 Å². The number of carbonyl (C=O) groups excluding carboxylic acids is 2. The largest absolute Gasteiger partial charge is 0.480 e. The highest BCUT2D eigenvalue weighted by atomic mass is 32.2. The van der Waals surface area contributed by atoms with Crippen LogP contribution in [0.25, 0.3) is 11.1 Å². The van der Waals surface area contributed by atoms with Gasteiger partial charge in [0.15, 0.2) is 0 Å². The van der Waals surface area contributed by atoms with E-state index >= 15 is 0 Å². The molecule has 2 aliphatic carbocycles. The van der Waals surface area contributed by atoms with Crippen LogP contribution in [0.3, 0.4) is 0 Å². The molecule has 5 rings (SSSR count). The van der Waals surface area contributed by atoms with Crippen LogP contribution in [0.4, 0.5) is 4.79 Å². The topological polar surface area (TPSA) is 95.9 Å². The van der Waals surface area contributed by atoms with Crippen molar-refractivity contribution in [3.05, 3.63) is 71.8 Å². The number of benzene rings is 2. The summed E-state index contributed by atoms with van der Waals surface area (Å²) in [5.41, 5.74) is 4.66. The quantitative estimate of drug-likeness (QED) is 0.615. The first-order chi connectivity index (χ1) is 17.0. The van der Waals surface area contributed by atoms with Crippen LogP contribution in [0.2, 0.25) is 0 Å². The van der Waals surface area contributed by atoms with Crippen molar-refractivity contribution in [1.82, 2.24) is 10.2 Å². The molecule has 1 aliphatic heterocycles. The lowest BCUT2D eigenvalue weighted by atomic mass is 9.89. The van der Waals surface area contributed by atoms with E-state index in [2.05, 4.69) is 29.6 Å². The Morgan fingerprint density at radius 1 is 1.06 bits per heavy atom. The van der Waals surface area contributed by atoms with Gasteiger partial charge >= 0.3 is 12.1 Å². The standard InChI is InChI=1S/C27H28N2O5S/c30-25(29-12-13-35-24(15-29)26(31)32)17-6-5-7-18(14-17)28-27(33)34-16-23-21-10-3-1-8-19(21)20-9-2-4-11-22(20)23/h1-5,7-11,17-18,23-24H,6,12-16H2,(H,28,33)(H,31,32)/t17-,18-,24?/m1/s1. The normalized spacial score (nSPS) is 23.3. The fraction of sp³-hybridized carbons (Fsp3) is 0.370. The molecule has 2 aromatic rings. The molecule has 0 spiro atoms. The molecule has 35 heavy (non-hydrogen) atoms. The average molecular weight is 493 g/mol. The fourth-order valence-electron chi connectivity index (χ4n) is 5.25. The predicted molar refractivity (Wildman–Crippen MR) is 134 cm³/mol. The summed E-state index contributed by atoms with van der Waals surface area (Å²) in [6, 6.07) is 16.1. The van der Waals surface area contributed by atoms with Gasteiger partial charge in [-0.2, -0.15) is 0 Å². The maximum Gasteiger partial charge on any atom is 0.407 e. The van der Waals surface area contributed by atoms with Gasteiger partial charge in [0.05, 0.1) is 6.04 Å². The molecule has 0 saturated carbocycles. The number of carbonyl (C=O) groups is 3. The van der Waals surface area contributed by atoms with Gasteiger partial charge in [-0.1, -0.05) is 60.7 Å². The first-order valence-electron chi connectivity index (χ1n) is 11.9. The van der Waals surface area contributed by atoms with E-state index in [-0.39, 0.29) is 36.9 Å². The third kappa shape index (κ3) is 4.93. The molecular weight excluding hydrogens is 464 g/mol. The number of nitrogens with zero attached hydrogens (tertiary/aromatic N) is 1. The number of thioether (sulfide) groups is 1. The SMILES string of the molecule is O=C(N[C@@H]1C=CC[C@@H](C(=O)N2CCSC(C(=O)O)C2)C1)OCC1c2ccccc2-c2ccccc21. The molecule has 1 saturated heterocycles. The zero-order valence-electron chi connectivity index (χ0n) is 19.3. The fourth-order valence-corrected chi connectivity index (χ4v) is 6.28. The second-order valence-corrected chi connectivity index (χ2v) is 10.5. The van der Waals surface area contributed by atoms with Gasteiger partial charge in [0, 0.05) is 30.7 Å². The van der Waals surface area contributed by atoms with E-state index in [9.17, 15) is 19.5 Å². The third-order valence-electron chi connectivity index (χ3n) is 6.98. The van der Waals surface area contributed by atoms with E-state index in [1.165, 1.54) is 22.9 Å². The molecule has 0 bridgehead atoms. The van der Waals surface area contributed by atoms with Crippen LogP contribution in [0.5, 0.6) is 0 Å². The van der Waals surface area contributed by atoms with Crippen molar-refractivity contribution in [2.75, 3.05) is 25.4 Å². The number of rotatable bonds is 5. The third-order valence-corrected chi connectivity index (χ3v) is 8.15. The van der Waals surface area contributed by atoms with Crippen LogP contribution in [-0.2, 0) is 14.3 Å². The number of amides is 2. The molecule has 2 N–H and O–H groups in total. The summed E-state index contributed by atoms with van der Waals surface area (Å²) in [6.45, 7) is 1.02. The summed E-state index contributed by atoms with van der Waals surface area (Å²) >= 11 is 1.37. The second-order valence-electron chi connectivity index (χ2n) is 9.15. The Labute approximate surface area is 208 Å². The Balaban J connectivity index is 1.17. The summed E-state index contributed by atoms with van der Waals surface area (Å²) in [5.74, 6) is -0.599. The van der Waals surface area contributed by atoms with Crippen LogP contribution < -0.4 is 5.32 Å². The lowest BCUT2D eigenvalue weighted by Crippen LogP contribution is -2.48. The van der Waals surface area contributed by atoms with Crippen molar-refractivity contribution in [1.29, 1.82) is 0 Å². The molecule has 1 fully saturated rings. The molecule has 3 atom stereocenters. The van der Waals surface area contributed by atoms with Crippen molar-refractivity contribution in [2.24, 2.45) is 5.92 Å². The summed E-state index contributed by atoms with van der Waals surface area (Å²) in [4.78, 5) is 38.7. The molecule has 1 unspecified atom stereocenters. The number of alkyl carbamates (subject to hydrolysis) is 1. The maximum absolute atomic E-state index is 13.0. The zero-order chi connectivity index (χ0) is 24.4. The first kappa shape index (κ1) is 23.5. The van der Waals surface area contributed by atoms with Crippen LogP contribution in [0, 0.1) is 5.92 Å². The Morgan fingerprint density at radius 2 is 1.74 bits per heavy atom. The molecule has 2 aromatic carbocycles. The van der Waals surface area contributed by atoms with Crippen molar-refractivity contribution in [3.8, 4) is 11.1 Å². The lowest BCUT2D eigenvalue weighted by Gasteiger charge is -2.34. The molecule has 3 aliphatic rings. The number of carboxylic acids is 1. The van der Waals surface area contributed by atoms with E-state index in [1.54, 1.807) is 4.90 Å². The molecule has 2 amide bonds. The van der Waals surface area contributed by atoms with Gasteiger partial charge in [-0.05, 0) is 35.1 Å². The van der Waals surface area contributed by atoms with Crippen LogP contribution in [0.15, 0.2) is 60.7 Å². The lowest BCUT2D eigenvalue weighted by molar-refractivity contribution is -0.139. The molecule has 1 heterocycles. The van der Waals surface area contributed by atoms with Crippen LogP contribution >= 0.6 is 11.8 Å². The average Bonchev–Trinajstić information content (AvgIpc) is 3.21. The predicted octanol–water partition coefficient (Wildman–Crippen LogP) is 3.89. The molecule has 8 heteroatoms. The van der Waals surface area contributed by atoms with Crippen molar-refractivity contribution >= 4 is 29.7 Å². The Kier molecular flexibility index (Phi) is 6.81. The first-order valence-corrected chi connectivity index (χ1v) is 13.0. The van der Waals surface area contributed by atoms with Gasteiger partial charge in [0.1, 0.15) is 11.9 Å². The van der Waals surface area contributed by atoms with E-state index < -0.39 is 17.3 Å². The number of fused-ring (bicyclic) bond motifs is 3. The number of ether oxygens (including phenoxy) is 1. The number of hydrogen-bond acceptors (Lipinski definition) is 5. The van der Waals surface area contributed by atoms with Gasteiger partial charge in [-0.15, -0.1) is 11.8 Å². The minimum Gasteiger partial charge on any atom is -0.480 e. The van der Waals surface area contributed by atoms with Crippen LogP contribution in [-0.4, -0.2) is 64.7 Å². The van der Waals surface area contributed by atoms with Crippen molar-refractivity contribution in [3.63, 3.8) is 0 Å². The van der Waals surface area contributed by atoms with E-state index in [1.807, 2.05) is 36.4 Å². The summed E-state index contributed by atoms with van der Waals surface area (Å²) in [5, 5.41) is 11.6. The number of carboxylic acid groups (broad SMARTS) is 1. The highest BCUT2D eigenvalue weighted by Gasteiger charge is 2.34. The minimum atomic E-state index is -0.883. The Bertz CT molecular complexity index is 1120. The number of hydrogen-bond donors (Lipinski definition) is 2. The highest BCUT2D eigenvalue weighted by Crippen LogP contribution is 2.44. The van der Waals surface area contributed by atoms with E-state index in [0.29, 0.717) is 25.1 Å². The number of aliphatic carboxylic acids is 1. The van der Waals surface area contributed by atoms with Gasteiger partial charge in [-0.25, -0.2) is 4.79 Å². The molecule has 0 radical (unpaired) electrons. The van der Waals surface area contributed by atoms with Gasteiger partial charge in [-0.3, -0.25) is 9.59 Å². The van der Waals surface area contributed by atoms with Gasteiger partial charge in [0.2, 0.25) is 5.91 Å².